The summed E-state index contributed by atoms with van der Waals surface area (Å²) in [5.74, 6) is 0.564. The summed E-state index contributed by atoms with van der Waals surface area (Å²) in [7, 11) is 0. The summed E-state index contributed by atoms with van der Waals surface area (Å²) in [6, 6.07) is 10.8. The van der Waals surface area contributed by atoms with Gasteiger partial charge < -0.3 is 14.3 Å². The summed E-state index contributed by atoms with van der Waals surface area (Å²) in [5.41, 5.74) is 1.08. The van der Waals surface area contributed by atoms with Crippen LogP contribution in [0.4, 0.5) is 0 Å². The Morgan fingerprint density at radius 2 is 2.13 bits per heavy atom. The van der Waals surface area contributed by atoms with Crippen molar-refractivity contribution in [3.8, 4) is 0 Å². The fourth-order valence-electron chi connectivity index (χ4n) is 3.91. The molecule has 0 aliphatic carbocycles. The van der Waals surface area contributed by atoms with Crippen LogP contribution in [0.3, 0.4) is 0 Å². The average molecular weight is 439 g/mol. The Morgan fingerprint density at radius 1 is 1.26 bits per heavy atom. The number of carbonyl (C=O) groups is 1. The summed E-state index contributed by atoms with van der Waals surface area (Å²) >= 11 is 6.27. The molecule has 4 heterocycles. The molecule has 1 aromatic carbocycles. The largest absolute Gasteiger partial charge is 0.459 e. The van der Waals surface area contributed by atoms with Crippen molar-refractivity contribution in [3.63, 3.8) is 0 Å². The van der Waals surface area contributed by atoms with E-state index in [1.165, 1.54) is 6.26 Å². The first-order valence-corrected chi connectivity index (χ1v) is 10.4. The molecular formula is C21H19ClN6O3. The van der Waals surface area contributed by atoms with Crippen molar-refractivity contribution in [2.24, 2.45) is 0 Å². The molecule has 5 rings (SSSR count). The van der Waals surface area contributed by atoms with Gasteiger partial charge in [-0.2, -0.15) is 0 Å². The van der Waals surface area contributed by atoms with Crippen molar-refractivity contribution in [1.82, 2.24) is 29.9 Å². The molecule has 0 radical (unpaired) electrons. The van der Waals surface area contributed by atoms with Crippen LogP contribution < -0.4 is 5.56 Å². The Bertz CT molecular complexity index is 1300. The number of aromatic nitrogens is 5. The van der Waals surface area contributed by atoms with Gasteiger partial charge in [-0.05, 0) is 36.6 Å². The molecule has 4 aromatic rings. The molecule has 1 amide bonds. The SMILES string of the molecule is O=C(c1ccco1)N1CCCC(c2nc3c(nnn3Cc3ccccc3Cl)c(=O)[nH]2)C1. The Labute approximate surface area is 181 Å². The lowest BCUT2D eigenvalue weighted by Gasteiger charge is -2.31. The number of nitrogens with zero attached hydrogens (tertiary/aromatic N) is 5. The van der Waals surface area contributed by atoms with Gasteiger partial charge in [0.15, 0.2) is 16.9 Å². The number of amides is 1. The normalized spacial score (nSPS) is 16.7. The molecule has 0 spiro atoms. The molecule has 9 nitrogen and oxygen atoms in total. The summed E-state index contributed by atoms with van der Waals surface area (Å²) in [4.78, 5) is 34.6. The van der Waals surface area contributed by atoms with Crippen LogP contribution in [0.25, 0.3) is 11.2 Å². The monoisotopic (exact) mass is 438 g/mol. The third kappa shape index (κ3) is 3.72. The van der Waals surface area contributed by atoms with E-state index in [2.05, 4.69) is 20.3 Å². The Hall–Kier alpha value is -3.46. The van der Waals surface area contributed by atoms with E-state index in [1.54, 1.807) is 27.8 Å². The third-order valence-corrected chi connectivity index (χ3v) is 5.87. The molecule has 0 saturated carbocycles. The van der Waals surface area contributed by atoms with Crippen molar-refractivity contribution < 1.29 is 9.21 Å². The van der Waals surface area contributed by atoms with Gasteiger partial charge in [-0.25, -0.2) is 9.67 Å². The van der Waals surface area contributed by atoms with E-state index in [1.807, 2.05) is 18.2 Å². The smallest absolute Gasteiger partial charge is 0.289 e. The summed E-state index contributed by atoms with van der Waals surface area (Å²) < 4.78 is 6.82. The Kier molecular flexibility index (Phi) is 5.03. The number of piperidine rings is 1. The maximum absolute atomic E-state index is 12.7. The first-order chi connectivity index (χ1) is 15.1. The minimum absolute atomic E-state index is 0.103. The maximum atomic E-state index is 12.7. The number of aromatic amines is 1. The first kappa shape index (κ1) is 19.5. The lowest BCUT2D eigenvalue weighted by atomic mass is 9.97. The van der Waals surface area contributed by atoms with E-state index >= 15 is 0 Å². The molecule has 1 fully saturated rings. The molecule has 0 bridgehead atoms. The van der Waals surface area contributed by atoms with Gasteiger partial charge >= 0.3 is 0 Å². The number of halogens is 1. The van der Waals surface area contributed by atoms with Crippen LogP contribution in [0.2, 0.25) is 5.02 Å². The highest BCUT2D eigenvalue weighted by molar-refractivity contribution is 6.31. The third-order valence-electron chi connectivity index (χ3n) is 5.50. The lowest BCUT2D eigenvalue weighted by Crippen LogP contribution is -2.39. The maximum Gasteiger partial charge on any atom is 0.289 e. The summed E-state index contributed by atoms with van der Waals surface area (Å²) in [5, 5.41) is 8.71. The van der Waals surface area contributed by atoms with E-state index in [9.17, 15) is 9.59 Å². The molecule has 3 aromatic heterocycles. The molecule has 31 heavy (non-hydrogen) atoms. The fraction of sp³-hybridized carbons (Fsp3) is 0.286. The number of likely N-dealkylation sites (tertiary alicyclic amines) is 1. The molecule has 1 unspecified atom stereocenters. The molecule has 1 aliphatic heterocycles. The molecule has 158 valence electrons. The highest BCUT2D eigenvalue weighted by Gasteiger charge is 2.29. The Morgan fingerprint density at radius 3 is 2.94 bits per heavy atom. The molecule has 1 atom stereocenters. The van der Waals surface area contributed by atoms with Gasteiger partial charge in [-0.3, -0.25) is 9.59 Å². The number of nitrogens with one attached hydrogen (secondary N) is 1. The van der Waals surface area contributed by atoms with Crippen LogP contribution in [0, 0.1) is 0 Å². The zero-order valence-corrected chi connectivity index (χ0v) is 17.2. The predicted molar refractivity (Wildman–Crippen MR) is 113 cm³/mol. The number of carbonyl (C=O) groups excluding carboxylic acids is 1. The van der Waals surface area contributed by atoms with Crippen LogP contribution in [-0.4, -0.2) is 48.9 Å². The van der Waals surface area contributed by atoms with Crippen LogP contribution in [-0.2, 0) is 6.54 Å². The van der Waals surface area contributed by atoms with Gasteiger partial charge in [0.25, 0.3) is 11.5 Å². The second-order valence-electron chi connectivity index (χ2n) is 7.53. The number of rotatable bonds is 4. The van der Waals surface area contributed by atoms with E-state index in [4.69, 9.17) is 16.0 Å². The van der Waals surface area contributed by atoms with Crippen molar-refractivity contribution in [3.05, 3.63) is 75.2 Å². The molecule has 1 aliphatic rings. The van der Waals surface area contributed by atoms with Crippen molar-refractivity contribution >= 4 is 28.7 Å². The van der Waals surface area contributed by atoms with Crippen LogP contribution in [0.15, 0.2) is 51.9 Å². The lowest BCUT2D eigenvalue weighted by molar-refractivity contribution is 0.0672. The highest BCUT2D eigenvalue weighted by atomic mass is 35.5. The minimum atomic E-state index is -0.347. The van der Waals surface area contributed by atoms with Crippen LogP contribution >= 0.6 is 11.6 Å². The van der Waals surface area contributed by atoms with Crippen LogP contribution in [0.5, 0.6) is 0 Å². The zero-order chi connectivity index (χ0) is 21.4. The summed E-state index contributed by atoms with van der Waals surface area (Å²) in [6.07, 6.45) is 3.09. The van der Waals surface area contributed by atoms with Crippen molar-refractivity contribution in [2.75, 3.05) is 13.1 Å². The van der Waals surface area contributed by atoms with Gasteiger partial charge in [0.05, 0.1) is 12.8 Å². The predicted octanol–water partition coefficient (Wildman–Crippen LogP) is 2.83. The molecule has 10 heteroatoms. The van der Waals surface area contributed by atoms with E-state index in [-0.39, 0.29) is 22.9 Å². The quantitative estimate of drug-likeness (QED) is 0.524. The average Bonchev–Trinajstić information content (AvgIpc) is 3.46. The molecule has 1 N–H and O–H groups in total. The summed E-state index contributed by atoms with van der Waals surface area (Å²) in [6.45, 7) is 1.43. The number of H-pyrrole nitrogens is 1. The number of fused-ring (bicyclic) bond motifs is 1. The standard InChI is InChI=1S/C21H19ClN6O3/c22-15-7-2-1-5-13(15)12-28-19-17(25-26-28)20(29)24-18(23-19)14-6-3-9-27(11-14)21(30)16-8-4-10-31-16/h1-2,4-5,7-8,10,14H,3,6,9,11-12H2,(H,23,24,29). The fourth-order valence-corrected chi connectivity index (χ4v) is 4.11. The highest BCUT2D eigenvalue weighted by Crippen LogP contribution is 2.26. The van der Waals surface area contributed by atoms with Gasteiger partial charge in [-0.15, -0.1) is 5.10 Å². The first-order valence-electron chi connectivity index (χ1n) is 10.00. The van der Waals surface area contributed by atoms with Gasteiger partial charge in [0.1, 0.15) is 5.82 Å². The second-order valence-corrected chi connectivity index (χ2v) is 7.94. The minimum Gasteiger partial charge on any atom is -0.459 e. The second kappa shape index (κ2) is 7.99. The number of furan rings is 1. The molecular weight excluding hydrogens is 420 g/mol. The number of hydrogen-bond donors (Lipinski definition) is 1. The van der Waals surface area contributed by atoms with Gasteiger partial charge in [0.2, 0.25) is 0 Å². The van der Waals surface area contributed by atoms with Crippen molar-refractivity contribution in [2.45, 2.75) is 25.3 Å². The van der Waals surface area contributed by atoms with Gasteiger partial charge in [0, 0.05) is 24.0 Å². The topological polar surface area (TPSA) is 110 Å². The number of benzene rings is 1. The Balaban J connectivity index is 1.45. The molecule has 1 saturated heterocycles. The van der Waals surface area contributed by atoms with E-state index in [0.717, 1.165) is 18.4 Å². The number of hydrogen-bond acceptors (Lipinski definition) is 6. The van der Waals surface area contributed by atoms with E-state index in [0.29, 0.717) is 41.9 Å². The van der Waals surface area contributed by atoms with E-state index < -0.39 is 0 Å². The zero-order valence-electron chi connectivity index (χ0n) is 16.5. The van der Waals surface area contributed by atoms with Gasteiger partial charge in [-0.1, -0.05) is 35.0 Å². The van der Waals surface area contributed by atoms with Crippen molar-refractivity contribution in [1.29, 1.82) is 0 Å². The van der Waals surface area contributed by atoms with Crippen LogP contribution in [0.1, 0.15) is 40.7 Å².